The molecule has 1 saturated heterocycles. The molecule has 0 aliphatic carbocycles. The summed E-state index contributed by atoms with van der Waals surface area (Å²) in [7, 11) is -1.77. The van der Waals surface area contributed by atoms with Crippen LogP contribution in [0.2, 0.25) is 0 Å². The van der Waals surface area contributed by atoms with Gasteiger partial charge in [0, 0.05) is 33.2 Å². The lowest BCUT2D eigenvalue weighted by molar-refractivity contribution is -0.0440. The van der Waals surface area contributed by atoms with Crippen LogP contribution in [0, 0.1) is 12.7 Å². The molecule has 0 bridgehead atoms. The first-order valence-electron chi connectivity index (χ1n) is 9.04. The molecule has 0 radical (unpaired) electrons. The third-order valence-corrected chi connectivity index (χ3v) is 6.16. The number of sulfonamides is 1. The van der Waals surface area contributed by atoms with E-state index in [0.29, 0.717) is 31.2 Å². The first-order chi connectivity index (χ1) is 12.7. The molecule has 2 rings (SSSR count). The molecular formula is C18H29FN4O3S. The van der Waals surface area contributed by atoms with Gasteiger partial charge in [0.1, 0.15) is 5.82 Å². The summed E-state index contributed by atoms with van der Waals surface area (Å²) in [5, 5.41) is 6.05. The molecule has 1 fully saturated rings. The smallest absolute Gasteiger partial charge is 0.216 e. The highest BCUT2D eigenvalue weighted by molar-refractivity contribution is 7.89. The number of benzene rings is 1. The van der Waals surface area contributed by atoms with Crippen LogP contribution in [0.15, 0.2) is 23.2 Å². The molecule has 0 spiro atoms. The Bertz CT molecular complexity index is 760. The van der Waals surface area contributed by atoms with Crippen LogP contribution in [0.25, 0.3) is 0 Å². The van der Waals surface area contributed by atoms with Gasteiger partial charge in [0.2, 0.25) is 10.0 Å². The standard InChI is InChI=1S/C18H29FN4O3S/c1-13-5-6-16(9-17(13)19)10-22-18(20-4)21-7-8-27(24,25)23-11-14(2)26-15(3)12-23/h5-6,9,14-15H,7-8,10-12H2,1-4H3,(H2,20,21,22). The highest BCUT2D eigenvalue weighted by Crippen LogP contribution is 2.14. The zero-order valence-electron chi connectivity index (χ0n) is 16.3. The maximum absolute atomic E-state index is 13.6. The molecule has 2 N–H and O–H groups in total. The summed E-state index contributed by atoms with van der Waals surface area (Å²) in [4.78, 5) is 4.07. The lowest BCUT2D eigenvalue weighted by Gasteiger charge is -2.34. The minimum absolute atomic E-state index is 0.0354. The summed E-state index contributed by atoms with van der Waals surface area (Å²) >= 11 is 0. The van der Waals surface area contributed by atoms with E-state index in [0.717, 1.165) is 5.56 Å². The molecule has 1 aromatic carbocycles. The Kier molecular flexibility index (Phi) is 7.58. The van der Waals surface area contributed by atoms with E-state index in [9.17, 15) is 12.8 Å². The predicted molar refractivity (Wildman–Crippen MR) is 105 cm³/mol. The molecule has 0 saturated carbocycles. The highest BCUT2D eigenvalue weighted by Gasteiger charge is 2.30. The SMILES string of the molecule is CN=C(NCCS(=O)(=O)N1CC(C)OC(C)C1)NCc1ccc(C)c(F)c1. The largest absolute Gasteiger partial charge is 0.373 e. The Labute approximate surface area is 161 Å². The van der Waals surface area contributed by atoms with Gasteiger partial charge in [0.05, 0.1) is 18.0 Å². The fraction of sp³-hybridized carbons (Fsp3) is 0.611. The van der Waals surface area contributed by atoms with Gasteiger partial charge in [-0.3, -0.25) is 4.99 Å². The van der Waals surface area contributed by atoms with E-state index >= 15 is 0 Å². The van der Waals surface area contributed by atoms with Gasteiger partial charge in [-0.2, -0.15) is 4.31 Å². The average molecular weight is 401 g/mol. The molecule has 1 heterocycles. The maximum Gasteiger partial charge on any atom is 0.216 e. The van der Waals surface area contributed by atoms with Crippen molar-refractivity contribution in [1.82, 2.24) is 14.9 Å². The van der Waals surface area contributed by atoms with Crippen LogP contribution in [-0.2, 0) is 21.3 Å². The third kappa shape index (κ3) is 6.44. The average Bonchev–Trinajstić information content (AvgIpc) is 2.60. The van der Waals surface area contributed by atoms with Crippen molar-refractivity contribution in [2.45, 2.75) is 39.5 Å². The number of hydrogen-bond acceptors (Lipinski definition) is 4. The summed E-state index contributed by atoms with van der Waals surface area (Å²) in [6.07, 6.45) is -0.221. The van der Waals surface area contributed by atoms with Gasteiger partial charge in [0.15, 0.2) is 5.96 Å². The normalized spacial score (nSPS) is 21.9. The molecule has 1 aliphatic rings. The number of morpholine rings is 1. The van der Waals surface area contributed by atoms with Gasteiger partial charge >= 0.3 is 0 Å². The number of nitrogens with one attached hydrogen (secondary N) is 2. The monoisotopic (exact) mass is 400 g/mol. The number of rotatable bonds is 6. The van der Waals surface area contributed by atoms with Crippen molar-refractivity contribution >= 4 is 16.0 Å². The van der Waals surface area contributed by atoms with Gasteiger partial charge in [-0.1, -0.05) is 12.1 Å². The first kappa shape index (κ1) is 21.6. The summed E-state index contributed by atoms with van der Waals surface area (Å²) in [5.41, 5.74) is 1.38. The van der Waals surface area contributed by atoms with Crippen LogP contribution in [0.1, 0.15) is 25.0 Å². The number of hydrogen-bond donors (Lipinski definition) is 2. The van der Waals surface area contributed by atoms with Crippen LogP contribution < -0.4 is 10.6 Å². The van der Waals surface area contributed by atoms with Crippen molar-refractivity contribution in [3.8, 4) is 0 Å². The highest BCUT2D eigenvalue weighted by atomic mass is 32.2. The molecule has 1 aliphatic heterocycles. The Morgan fingerprint density at radius 1 is 1.30 bits per heavy atom. The molecule has 2 unspecified atom stereocenters. The number of ether oxygens (including phenoxy) is 1. The minimum atomic E-state index is -3.37. The van der Waals surface area contributed by atoms with E-state index < -0.39 is 10.0 Å². The minimum Gasteiger partial charge on any atom is -0.373 e. The molecule has 152 valence electrons. The second kappa shape index (κ2) is 9.48. The van der Waals surface area contributed by atoms with Gasteiger partial charge < -0.3 is 15.4 Å². The Morgan fingerprint density at radius 2 is 1.96 bits per heavy atom. The van der Waals surface area contributed by atoms with E-state index in [1.165, 1.54) is 10.4 Å². The molecule has 0 amide bonds. The summed E-state index contributed by atoms with van der Waals surface area (Å²) in [6, 6.07) is 5.03. The van der Waals surface area contributed by atoms with Crippen molar-refractivity contribution in [3.05, 3.63) is 35.1 Å². The van der Waals surface area contributed by atoms with Gasteiger partial charge in [-0.25, -0.2) is 12.8 Å². The van der Waals surface area contributed by atoms with E-state index in [1.807, 2.05) is 19.9 Å². The van der Waals surface area contributed by atoms with Crippen molar-refractivity contribution in [2.75, 3.05) is 32.4 Å². The number of guanidine groups is 1. The molecule has 2 atom stereocenters. The Balaban J connectivity index is 1.82. The zero-order valence-corrected chi connectivity index (χ0v) is 17.1. The Hall–Kier alpha value is -1.71. The van der Waals surface area contributed by atoms with Gasteiger partial charge in [0.25, 0.3) is 0 Å². The fourth-order valence-electron chi connectivity index (χ4n) is 2.94. The lowest BCUT2D eigenvalue weighted by Crippen LogP contribution is -2.50. The summed E-state index contributed by atoms with van der Waals surface area (Å²) in [5.74, 6) is 0.180. The zero-order chi connectivity index (χ0) is 20.0. The second-order valence-corrected chi connectivity index (χ2v) is 8.91. The third-order valence-electron chi connectivity index (χ3n) is 4.35. The predicted octanol–water partition coefficient (Wildman–Crippen LogP) is 1.24. The lowest BCUT2D eigenvalue weighted by atomic mass is 10.1. The number of nitrogens with zero attached hydrogens (tertiary/aromatic N) is 2. The summed E-state index contributed by atoms with van der Waals surface area (Å²) < 4.78 is 45.7. The van der Waals surface area contributed by atoms with Crippen LogP contribution in [0.5, 0.6) is 0 Å². The summed E-state index contributed by atoms with van der Waals surface area (Å²) in [6.45, 7) is 6.82. The molecule has 9 heteroatoms. The van der Waals surface area contributed by atoms with E-state index in [-0.39, 0.29) is 30.3 Å². The first-order valence-corrected chi connectivity index (χ1v) is 10.6. The van der Waals surface area contributed by atoms with E-state index in [1.54, 1.807) is 20.0 Å². The van der Waals surface area contributed by atoms with Gasteiger partial charge in [-0.05, 0) is 38.0 Å². The van der Waals surface area contributed by atoms with E-state index in [2.05, 4.69) is 15.6 Å². The Morgan fingerprint density at radius 3 is 2.56 bits per heavy atom. The molecule has 27 heavy (non-hydrogen) atoms. The van der Waals surface area contributed by atoms with Crippen molar-refractivity contribution in [3.63, 3.8) is 0 Å². The van der Waals surface area contributed by atoms with Crippen LogP contribution >= 0.6 is 0 Å². The molecule has 1 aromatic rings. The fourth-order valence-corrected chi connectivity index (χ4v) is 4.43. The number of aliphatic imine (C=N–C) groups is 1. The van der Waals surface area contributed by atoms with Crippen molar-refractivity contribution in [1.29, 1.82) is 0 Å². The second-order valence-electron chi connectivity index (χ2n) is 6.83. The number of halogens is 1. The number of aryl methyl sites for hydroxylation is 1. The molecular weight excluding hydrogens is 371 g/mol. The van der Waals surface area contributed by atoms with Crippen molar-refractivity contribution in [2.24, 2.45) is 4.99 Å². The van der Waals surface area contributed by atoms with Crippen LogP contribution in [0.4, 0.5) is 4.39 Å². The molecule has 0 aromatic heterocycles. The quantitative estimate of drug-likeness (QED) is 0.555. The van der Waals surface area contributed by atoms with Crippen molar-refractivity contribution < 1.29 is 17.5 Å². The maximum atomic E-state index is 13.6. The van der Waals surface area contributed by atoms with Crippen LogP contribution in [0.3, 0.4) is 0 Å². The topological polar surface area (TPSA) is 83.0 Å². The van der Waals surface area contributed by atoms with Crippen LogP contribution in [-0.4, -0.2) is 63.3 Å². The van der Waals surface area contributed by atoms with E-state index in [4.69, 9.17) is 4.74 Å². The molecule has 7 nitrogen and oxygen atoms in total. The van der Waals surface area contributed by atoms with Gasteiger partial charge in [-0.15, -0.1) is 0 Å².